The van der Waals surface area contributed by atoms with Crippen molar-refractivity contribution in [3.8, 4) is 5.75 Å². The van der Waals surface area contributed by atoms with E-state index in [4.69, 9.17) is 9.25 Å². The molecule has 0 saturated carbocycles. The molecule has 3 rings (SSSR count). The Morgan fingerprint density at radius 1 is 1.06 bits per heavy atom. The first-order valence-electron chi connectivity index (χ1n) is 4.96. The van der Waals surface area contributed by atoms with E-state index >= 15 is 0 Å². The molecule has 1 aliphatic heterocycles. The van der Waals surface area contributed by atoms with Crippen molar-refractivity contribution in [3.05, 3.63) is 54.0 Å². The van der Waals surface area contributed by atoms with E-state index in [1.807, 2.05) is 42.5 Å². The summed E-state index contributed by atoms with van der Waals surface area (Å²) in [4.78, 5) is 5.36. The van der Waals surface area contributed by atoms with Crippen LogP contribution in [0.3, 0.4) is 0 Å². The zero-order valence-electron chi connectivity index (χ0n) is 8.44. The zero-order chi connectivity index (χ0) is 10.8. The maximum Gasteiger partial charge on any atom is 0.198 e. The SMILES string of the molecule is C1=C(Nc2ccco2)NOc2ccccc21. The van der Waals surface area contributed by atoms with Crippen molar-refractivity contribution in [2.75, 3.05) is 5.32 Å². The van der Waals surface area contributed by atoms with Gasteiger partial charge in [-0.05, 0) is 18.2 Å². The van der Waals surface area contributed by atoms with E-state index in [2.05, 4.69) is 10.8 Å². The summed E-state index contributed by atoms with van der Waals surface area (Å²) in [6.07, 6.45) is 3.57. The smallest absolute Gasteiger partial charge is 0.198 e. The minimum atomic E-state index is 0.668. The Morgan fingerprint density at radius 3 is 2.88 bits per heavy atom. The molecule has 0 bridgehead atoms. The van der Waals surface area contributed by atoms with Gasteiger partial charge in [0, 0.05) is 11.6 Å². The predicted molar refractivity (Wildman–Crippen MR) is 60.5 cm³/mol. The minimum Gasteiger partial charge on any atom is -0.449 e. The molecule has 0 fully saturated rings. The number of hydrogen-bond acceptors (Lipinski definition) is 4. The van der Waals surface area contributed by atoms with Crippen LogP contribution in [0.25, 0.3) is 6.08 Å². The van der Waals surface area contributed by atoms with Gasteiger partial charge in [0.25, 0.3) is 0 Å². The second-order valence-electron chi connectivity index (χ2n) is 3.40. The average Bonchev–Trinajstić information content (AvgIpc) is 2.82. The van der Waals surface area contributed by atoms with Gasteiger partial charge in [0.15, 0.2) is 11.6 Å². The maximum atomic E-state index is 5.36. The number of furan rings is 1. The Kier molecular flexibility index (Phi) is 2.04. The Balaban J connectivity index is 1.86. The van der Waals surface area contributed by atoms with Crippen LogP contribution in [0.2, 0.25) is 0 Å². The van der Waals surface area contributed by atoms with Crippen molar-refractivity contribution in [2.24, 2.45) is 0 Å². The van der Waals surface area contributed by atoms with Crippen LogP contribution in [0.4, 0.5) is 5.88 Å². The molecule has 0 spiro atoms. The van der Waals surface area contributed by atoms with Crippen LogP contribution in [0.5, 0.6) is 5.75 Å². The predicted octanol–water partition coefficient (Wildman–Crippen LogP) is 2.59. The normalized spacial score (nSPS) is 13.1. The lowest BCUT2D eigenvalue weighted by molar-refractivity contribution is 0.226. The Hall–Kier alpha value is -2.36. The summed E-state index contributed by atoms with van der Waals surface area (Å²) in [5.41, 5.74) is 3.83. The molecule has 1 aromatic carbocycles. The molecular formula is C12H10N2O2. The molecule has 0 atom stereocenters. The first-order valence-corrected chi connectivity index (χ1v) is 4.96. The monoisotopic (exact) mass is 214 g/mol. The van der Waals surface area contributed by atoms with Gasteiger partial charge in [0.1, 0.15) is 5.82 Å². The fourth-order valence-electron chi connectivity index (χ4n) is 1.53. The van der Waals surface area contributed by atoms with E-state index in [-0.39, 0.29) is 0 Å². The van der Waals surface area contributed by atoms with Gasteiger partial charge in [-0.3, -0.25) is 0 Å². The molecule has 0 amide bonds. The number of para-hydroxylation sites is 1. The van der Waals surface area contributed by atoms with Crippen molar-refractivity contribution in [2.45, 2.75) is 0 Å². The summed E-state index contributed by atoms with van der Waals surface area (Å²) in [5, 5.41) is 3.06. The Bertz CT molecular complexity index is 518. The average molecular weight is 214 g/mol. The second-order valence-corrected chi connectivity index (χ2v) is 3.40. The van der Waals surface area contributed by atoms with Crippen molar-refractivity contribution < 1.29 is 9.25 Å². The number of hydroxylamine groups is 1. The molecule has 4 nitrogen and oxygen atoms in total. The van der Waals surface area contributed by atoms with Gasteiger partial charge in [0.2, 0.25) is 0 Å². The topological polar surface area (TPSA) is 46.4 Å². The third-order valence-electron chi connectivity index (χ3n) is 2.27. The number of hydrogen-bond donors (Lipinski definition) is 2. The van der Waals surface area contributed by atoms with E-state index < -0.39 is 0 Å². The van der Waals surface area contributed by atoms with Gasteiger partial charge >= 0.3 is 0 Å². The fraction of sp³-hybridized carbons (Fsp3) is 0. The summed E-state index contributed by atoms with van der Waals surface area (Å²) >= 11 is 0. The van der Waals surface area contributed by atoms with E-state index in [0.29, 0.717) is 5.88 Å². The minimum absolute atomic E-state index is 0.668. The van der Waals surface area contributed by atoms with Crippen LogP contribution in [0, 0.1) is 0 Å². The van der Waals surface area contributed by atoms with Gasteiger partial charge in [-0.25, -0.2) is 5.48 Å². The molecule has 1 aliphatic rings. The van der Waals surface area contributed by atoms with Crippen LogP contribution in [-0.4, -0.2) is 0 Å². The third kappa shape index (κ3) is 1.61. The standard InChI is InChI=1S/C12H10N2O2/c1-2-5-10-9(4-1)8-11(14-16-10)13-12-6-3-7-15-12/h1-8,13-14H. The second kappa shape index (κ2) is 3.66. The lowest BCUT2D eigenvalue weighted by Crippen LogP contribution is -2.26. The van der Waals surface area contributed by atoms with E-state index in [9.17, 15) is 0 Å². The highest BCUT2D eigenvalue weighted by atomic mass is 16.6. The summed E-state index contributed by atoms with van der Waals surface area (Å²) < 4.78 is 5.18. The highest BCUT2D eigenvalue weighted by molar-refractivity contribution is 5.63. The highest BCUT2D eigenvalue weighted by Crippen LogP contribution is 2.24. The summed E-state index contributed by atoms with van der Waals surface area (Å²) in [6, 6.07) is 11.4. The van der Waals surface area contributed by atoms with Crippen LogP contribution in [0.1, 0.15) is 5.56 Å². The fourth-order valence-corrected chi connectivity index (χ4v) is 1.53. The molecule has 2 aromatic rings. The molecule has 80 valence electrons. The van der Waals surface area contributed by atoms with Crippen molar-refractivity contribution >= 4 is 12.0 Å². The molecule has 4 heteroatoms. The van der Waals surface area contributed by atoms with E-state index in [1.54, 1.807) is 6.26 Å². The molecule has 0 aliphatic carbocycles. The largest absolute Gasteiger partial charge is 0.449 e. The number of anilines is 1. The quantitative estimate of drug-likeness (QED) is 0.806. The van der Waals surface area contributed by atoms with Crippen LogP contribution >= 0.6 is 0 Å². The van der Waals surface area contributed by atoms with Crippen LogP contribution < -0.4 is 15.6 Å². The third-order valence-corrected chi connectivity index (χ3v) is 2.27. The van der Waals surface area contributed by atoms with Crippen LogP contribution in [0.15, 0.2) is 52.9 Å². The number of fused-ring (bicyclic) bond motifs is 1. The summed E-state index contributed by atoms with van der Waals surface area (Å²) in [6.45, 7) is 0. The Morgan fingerprint density at radius 2 is 2.00 bits per heavy atom. The van der Waals surface area contributed by atoms with Gasteiger partial charge in [0.05, 0.1) is 6.26 Å². The van der Waals surface area contributed by atoms with Crippen LogP contribution in [-0.2, 0) is 0 Å². The van der Waals surface area contributed by atoms with E-state index in [1.165, 1.54) is 0 Å². The van der Waals surface area contributed by atoms with Gasteiger partial charge in [-0.15, -0.1) is 0 Å². The Labute approximate surface area is 92.5 Å². The molecular weight excluding hydrogens is 204 g/mol. The van der Waals surface area contributed by atoms with Gasteiger partial charge in [-0.2, -0.15) is 0 Å². The zero-order valence-corrected chi connectivity index (χ0v) is 8.44. The lowest BCUT2D eigenvalue weighted by Gasteiger charge is -2.18. The summed E-state index contributed by atoms with van der Waals surface area (Å²) in [5.74, 6) is 2.22. The number of benzene rings is 1. The maximum absolute atomic E-state index is 5.36. The molecule has 2 N–H and O–H groups in total. The van der Waals surface area contributed by atoms with Crippen molar-refractivity contribution in [3.63, 3.8) is 0 Å². The molecule has 0 unspecified atom stereocenters. The van der Waals surface area contributed by atoms with E-state index in [0.717, 1.165) is 17.1 Å². The molecule has 1 aromatic heterocycles. The molecule has 0 saturated heterocycles. The number of rotatable bonds is 2. The first kappa shape index (κ1) is 8.91. The number of nitrogens with one attached hydrogen (secondary N) is 2. The van der Waals surface area contributed by atoms with Gasteiger partial charge in [-0.1, -0.05) is 18.2 Å². The highest BCUT2D eigenvalue weighted by Gasteiger charge is 2.10. The molecule has 16 heavy (non-hydrogen) atoms. The van der Waals surface area contributed by atoms with Crippen molar-refractivity contribution in [1.82, 2.24) is 5.48 Å². The molecule has 0 radical (unpaired) electrons. The first-order chi connectivity index (χ1) is 7.92. The van der Waals surface area contributed by atoms with Crippen molar-refractivity contribution in [1.29, 1.82) is 0 Å². The molecule has 2 heterocycles. The summed E-state index contributed by atoms with van der Waals surface area (Å²) in [7, 11) is 0. The van der Waals surface area contributed by atoms with Gasteiger partial charge < -0.3 is 14.6 Å². The lowest BCUT2D eigenvalue weighted by atomic mass is 10.2.